The van der Waals surface area contributed by atoms with Gasteiger partial charge in [-0.05, 0) is 36.5 Å². The molecule has 7 N–H and O–H groups in total. The van der Waals surface area contributed by atoms with Crippen molar-refractivity contribution < 1.29 is 0 Å². The Balaban J connectivity index is 1.59. The molecule has 1 saturated carbocycles. The summed E-state index contributed by atoms with van der Waals surface area (Å²) in [5.41, 5.74) is 15.4. The third kappa shape index (κ3) is 3.10. The van der Waals surface area contributed by atoms with Crippen LogP contribution in [-0.4, -0.2) is 38.3 Å². The second-order valence-corrected chi connectivity index (χ2v) is 7.46. The number of hydrogen-bond donors (Lipinski definition) is 5. The molecule has 2 aliphatic heterocycles. The van der Waals surface area contributed by atoms with E-state index < -0.39 is 0 Å². The summed E-state index contributed by atoms with van der Waals surface area (Å²) < 4.78 is 0. The molecular weight excluding hydrogens is 314 g/mol. The first-order valence-corrected chi connectivity index (χ1v) is 8.84. The largest absolute Gasteiger partial charge is 0.378 e. The van der Waals surface area contributed by atoms with Gasteiger partial charge in [0.1, 0.15) is 18.3 Å². The molecule has 0 saturated heterocycles. The highest BCUT2D eigenvalue weighted by Gasteiger charge is 2.47. The van der Waals surface area contributed by atoms with Crippen molar-refractivity contribution in [2.45, 2.75) is 37.3 Å². The second-order valence-electron chi connectivity index (χ2n) is 7.46. The second kappa shape index (κ2) is 6.01. The first-order valence-electron chi connectivity index (χ1n) is 8.84. The highest BCUT2D eigenvalue weighted by atomic mass is 15.3. The lowest BCUT2D eigenvalue weighted by atomic mass is 9.85. The van der Waals surface area contributed by atoms with E-state index in [1.165, 1.54) is 24.1 Å². The highest BCUT2D eigenvalue weighted by Crippen LogP contribution is 2.42. The molecule has 0 radical (unpaired) electrons. The SMILES string of the molecule is CN(C)c1ccc(CC2(C3CC3)C=NC3=C(N2)C(N)NC(N)N3)cc1. The molecule has 3 aliphatic rings. The van der Waals surface area contributed by atoms with Crippen molar-refractivity contribution in [3.05, 3.63) is 41.3 Å². The quantitative estimate of drug-likeness (QED) is 0.528. The lowest BCUT2D eigenvalue weighted by Crippen LogP contribution is -2.66. The van der Waals surface area contributed by atoms with E-state index in [0.29, 0.717) is 5.92 Å². The minimum absolute atomic E-state index is 0.180. The molecule has 1 aromatic rings. The number of nitrogens with zero attached hydrogens (tertiary/aromatic N) is 2. The van der Waals surface area contributed by atoms with Crippen LogP contribution >= 0.6 is 0 Å². The Kier molecular flexibility index (Phi) is 3.94. The molecule has 1 fully saturated rings. The van der Waals surface area contributed by atoms with Crippen LogP contribution in [-0.2, 0) is 6.42 Å². The third-order valence-corrected chi connectivity index (χ3v) is 5.26. The zero-order chi connectivity index (χ0) is 17.6. The number of nitrogens with two attached hydrogens (primary N) is 2. The van der Waals surface area contributed by atoms with Crippen molar-refractivity contribution in [1.82, 2.24) is 16.0 Å². The van der Waals surface area contributed by atoms with Crippen LogP contribution in [0.1, 0.15) is 18.4 Å². The molecule has 1 aromatic carbocycles. The summed E-state index contributed by atoms with van der Waals surface area (Å²) in [6.45, 7) is 0. The summed E-state index contributed by atoms with van der Waals surface area (Å²) in [5.74, 6) is 1.33. The van der Waals surface area contributed by atoms with Crippen LogP contribution in [0.25, 0.3) is 0 Å². The summed E-state index contributed by atoms with van der Waals surface area (Å²) in [6, 6.07) is 8.72. The summed E-state index contributed by atoms with van der Waals surface area (Å²) in [4.78, 5) is 6.79. The average molecular weight is 341 g/mol. The third-order valence-electron chi connectivity index (χ3n) is 5.26. The van der Waals surface area contributed by atoms with Gasteiger partial charge in [-0.1, -0.05) is 12.1 Å². The molecule has 25 heavy (non-hydrogen) atoms. The van der Waals surface area contributed by atoms with Crippen LogP contribution in [0.5, 0.6) is 0 Å². The molecule has 0 aromatic heterocycles. The van der Waals surface area contributed by atoms with Gasteiger partial charge in [0, 0.05) is 32.4 Å². The zero-order valence-corrected chi connectivity index (χ0v) is 14.8. The Morgan fingerprint density at radius 1 is 1.20 bits per heavy atom. The Morgan fingerprint density at radius 3 is 2.56 bits per heavy atom. The predicted octanol–water partition coefficient (Wildman–Crippen LogP) is 0.00690. The number of nitrogens with one attached hydrogen (secondary N) is 3. The van der Waals surface area contributed by atoms with E-state index in [9.17, 15) is 0 Å². The molecule has 7 heteroatoms. The van der Waals surface area contributed by atoms with E-state index in [4.69, 9.17) is 11.5 Å². The molecule has 0 spiro atoms. The molecule has 7 nitrogen and oxygen atoms in total. The first kappa shape index (κ1) is 16.4. The maximum absolute atomic E-state index is 6.24. The Bertz CT molecular complexity index is 705. The molecule has 1 aliphatic carbocycles. The minimum Gasteiger partial charge on any atom is -0.378 e. The van der Waals surface area contributed by atoms with Gasteiger partial charge in [0.2, 0.25) is 0 Å². The van der Waals surface area contributed by atoms with E-state index in [-0.39, 0.29) is 18.0 Å². The van der Waals surface area contributed by atoms with Gasteiger partial charge in [-0.2, -0.15) is 0 Å². The number of aliphatic imine (C=N–C) groups is 1. The smallest absolute Gasteiger partial charge is 0.150 e. The summed E-state index contributed by atoms with van der Waals surface area (Å²) in [7, 11) is 4.11. The average Bonchev–Trinajstić information content (AvgIpc) is 3.41. The lowest BCUT2D eigenvalue weighted by Gasteiger charge is -2.42. The molecule has 2 heterocycles. The van der Waals surface area contributed by atoms with Crippen molar-refractivity contribution in [2.24, 2.45) is 22.4 Å². The van der Waals surface area contributed by atoms with Crippen molar-refractivity contribution in [3.8, 4) is 0 Å². The normalized spacial score (nSPS) is 31.2. The number of anilines is 1. The van der Waals surface area contributed by atoms with Gasteiger partial charge in [0.05, 0.1) is 11.2 Å². The van der Waals surface area contributed by atoms with Crippen LogP contribution in [0.15, 0.2) is 40.8 Å². The van der Waals surface area contributed by atoms with E-state index >= 15 is 0 Å². The molecular formula is C18H27N7. The Morgan fingerprint density at radius 2 is 1.92 bits per heavy atom. The van der Waals surface area contributed by atoms with E-state index in [0.717, 1.165) is 17.9 Å². The van der Waals surface area contributed by atoms with E-state index in [1.54, 1.807) is 0 Å². The zero-order valence-electron chi connectivity index (χ0n) is 14.8. The molecule has 0 amide bonds. The van der Waals surface area contributed by atoms with Gasteiger partial charge in [-0.15, -0.1) is 0 Å². The summed E-state index contributed by atoms with van der Waals surface area (Å²) >= 11 is 0. The Labute approximate surface area is 148 Å². The summed E-state index contributed by atoms with van der Waals surface area (Å²) in [5, 5.41) is 9.94. The topological polar surface area (TPSA) is 104 Å². The summed E-state index contributed by atoms with van der Waals surface area (Å²) in [6.07, 6.45) is 4.67. The monoisotopic (exact) mass is 341 g/mol. The van der Waals surface area contributed by atoms with Crippen molar-refractivity contribution in [1.29, 1.82) is 0 Å². The van der Waals surface area contributed by atoms with Crippen LogP contribution in [0.4, 0.5) is 5.69 Å². The standard InChI is InChI=1S/C18H27N7/c1-25(2)13-7-3-11(4-8-13)9-18(12-5-6-12)10-21-16-14(24-18)15(19)22-17(20)23-16/h3-4,7-8,10,12,15,17,22-24H,5-6,9,19-20H2,1-2H3. The lowest BCUT2D eigenvalue weighted by molar-refractivity contribution is 0.331. The molecule has 134 valence electrons. The molecule has 3 atom stereocenters. The maximum atomic E-state index is 6.24. The number of rotatable bonds is 4. The van der Waals surface area contributed by atoms with Gasteiger partial charge in [0.15, 0.2) is 0 Å². The number of benzene rings is 1. The van der Waals surface area contributed by atoms with Gasteiger partial charge in [-0.3, -0.25) is 11.1 Å². The molecule has 0 bridgehead atoms. The highest BCUT2D eigenvalue weighted by molar-refractivity contribution is 5.75. The Hall–Kier alpha value is -2.09. The van der Waals surface area contributed by atoms with Crippen LogP contribution in [0.3, 0.4) is 0 Å². The van der Waals surface area contributed by atoms with Crippen molar-refractivity contribution >= 4 is 11.9 Å². The van der Waals surface area contributed by atoms with Crippen LogP contribution in [0, 0.1) is 5.92 Å². The minimum atomic E-state index is -0.375. The van der Waals surface area contributed by atoms with Crippen LogP contribution in [0.2, 0.25) is 0 Å². The van der Waals surface area contributed by atoms with Gasteiger partial charge in [-0.25, -0.2) is 4.99 Å². The van der Waals surface area contributed by atoms with Gasteiger partial charge in [0.25, 0.3) is 0 Å². The van der Waals surface area contributed by atoms with E-state index in [1.807, 2.05) is 0 Å². The molecule has 3 unspecified atom stereocenters. The first-order chi connectivity index (χ1) is 12.0. The van der Waals surface area contributed by atoms with Crippen molar-refractivity contribution in [2.75, 3.05) is 19.0 Å². The van der Waals surface area contributed by atoms with Crippen LogP contribution < -0.4 is 32.3 Å². The fourth-order valence-corrected chi connectivity index (χ4v) is 3.69. The van der Waals surface area contributed by atoms with Gasteiger partial charge >= 0.3 is 0 Å². The van der Waals surface area contributed by atoms with Gasteiger partial charge < -0.3 is 21.3 Å². The fourth-order valence-electron chi connectivity index (χ4n) is 3.69. The van der Waals surface area contributed by atoms with E-state index in [2.05, 4.69) is 70.4 Å². The fraction of sp³-hybridized carbons (Fsp3) is 0.500. The molecule has 4 rings (SSSR count). The maximum Gasteiger partial charge on any atom is 0.150 e. The number of hydrogen-bond acceptors (Lipinski definition) is 7. The van der Waals surface area contributed by atoms with Crippen molar-refractivity contribution in [3.63, 3.8) is 0 Å². The predicted molar refractivity (Wildman–Crippen MR) is 101 cm³/mol.